The van der Waals surface area contributed by atoms with Gasteiger partial charge in [0.2, 0.25) is 5.91 Å². The van der Waals surface area contributed by atoms with Crippen LogP contribution in [-0.2, 0) is 9.53 Å². The number of amides is 1. The number of carboxylic acid groups (broad SMARTS) is 1. The number of ether oxygens (including phenoxy) is 1. The van der Waals surface area contributed by atoms with Gasteiger partial charge in [-0.1, -0.05) is 0 Å². The first-order valence-corrected chi connectivity index (χ1v) is 6.30. The van der Waals surface area contributed by atoms with Crippen molar-refractivity contribution < 1.29 is 19.4 Å². The monoisotopic (exact) mass is 330 g/mol. The second kappa shape index (κ2) is 7.10. The molecule has 0 aliphatic rings. The zero-order valence-electron chi connectivity index (χ0n) is 10.4. The fourth-order valence-electron chi connectivity index (χ4n) is 1.56. The van der Waals surface area contributed by atoms with Gasteiger partial charge in [-0.25, -0.2) is 0 Å². The number of halogens is 1. The highest BCUT2D eigenvalue weighted by Crippen LogP contribution is 2.24. The van der Waals surface area contributed by atoms with Crippen LogP contribution < -0.4 is 10.6 Å². The summed E-state index contributed by atoms with van der Waals surface area (Å²) in [5.74, 6) is -1.48. The summed E-state index contributed by atoms with van der Waals surface area (Å²) in [6.07, 6.45) is 0. The maximum atomic E-state index is 11.1. The van der Waals surface area contributed by atoms with E-state index in [1.54, 1.807) is 30.2 Å². The zero-order chi connectivity index (χ0) is 14.4. The molecule has 1 aromatic carbocycles. The lowest BCUT2D eigenvalue weighted by molar-refractivity contribution is -0.135. The summed E-state index contributed by atoms with van der Waals surface area (Å²) < 4.78 is 5.48. The van der Waals surface area contributed by atoms with E-state index in [1.165, 1.54) is 0 Å². The molecule has 0 saturated carbocycles. The predicted octanol–water partition coefficient (Wildman–Crippen LogP) is 1.09. The van der Waals surface area contributed by atoms with Crippen molar-refractivity contribution in [2.24, 2.45) is 5.73 Å². The molecule has 0 bridgehead atoms. The van der Waals surface area contributed by atoms with E-state index < -0.39 is 11.9 Å². The van der Waals surface area contributed by atoms with Gasteiger partial charge < -0.3 is 20.5 Å². The fraction of sp³-hybridized carbons (Fsp3) is 0.333. The fourth-order valence-corrected chi connectivity index (χ4v) is 2.13. The van der Waals surface area contributed by atoms with Crippen molar-refractivity contribution in [2.75, 3.05) is 31.7 Å². The van der Waals surface area contributed by atoms with Gasteiger partial charge >= 0.3 is 5.97 Å². The number of nitrogens with zero attached hydrogens (tertiary/aromatic N) is 1. The van der Waals surface area contributed by atoms with Crippen LogP contribution in [0.1, 0.15) is 10.4 Å². The van der Waals surface area contributed by atoms with Crippen molar-refractivity contribution in [3.63, 3.8) is 0 Å². The van der Waals surface area contributed by atoms with E-state index in [0.717, 1.165) is 0 Å². The van der Waals surface area contributed by atoms with Gasteiger partial charge in [0.1, 0.15) is 6.54 Å². The Balaban J connectivity index is 2.98. The Morgan fingerprint density at radius 3 is 2.63 bits per heavy atom. The standard InChI is InChI=1S/C12H15BrN2O4/c1-19-5-4-15(7-11(16)17)8-2-3-9(12(14)18)10(13)6-8/h2-3,6H,4-5,7H2,1H3,(H2,14,18)(H,16,17). The SMILES string of the molecule is COCCN(CC(=O)O)c1ccc(C(N)=O)c(Br)c1. The molecule has 0 aliphatic heterocycles. The number of aliphatic carboxylic acids is 1. The first kappa shape index (κ1) is 15.5. The summed E-state index contributed by atoms with van der Waals surface area (Å²) in [5, 5.41) is 8.89. The Labute approximate surface area is 119 Å². The van der Waals surface area contributed by atoms with Gasteiger partial charge in [-0.2, -0.15) is 0 Å². The average Bonchev–Trinajstić information content (AvgIpc) is 2.33. The minimum Gasteiger partial charge on any atom is -0.480 e. The third-order valence-corrected chi connectivity index (χ3v) is 3.13. The van der Waals surface area contributed by atoms with Gasteiger partial charge in [0.05, 0.1) is 12.2 Å². The van der Waals surface area contributed by atoms with Crippen LogP contribution in [0.3, 0.4) is 0 Å². The Morgan fingerprint density at radius 1 is 1.47 bits per heavy atom. The quantitative estimate of drug-likeness (QED) is 0.780. The molecule has 19 heavy (non-hydrogen) atoms. The van der Waals surface area contributed by atoms with Gasteiger partial charge in [-0.3, -0.25) is 9.59 Å². The number of rotatable bonds is 7. The van der Waals surface area contributed by atoms with Crippen LogP contribution in [-0.4, -0.2) is 43.8 Å². The van der Waals surface area contributed by atoms with Gasteiger partial charge in [-0.05, 0) is 34.1 Å². The van der Waals surface area contributed by atoms with Crippen LogP contribution in [0.15, 0.2) is 22.7 Å². The normalized spacial score (nSPS) is 10.2. The van der Waals surface area contributed by atoms with E-state index in [4.69, 9.17) is 15.6 Å². The molecule has 0 aliphatic carbocycles. The Morgan fingerprint density at radius 2 is 2.16 bits per heavy atom. The zero-order valence-corrected chi connectivity index (χ0v) is 12.0. The van der Waals surface area contributed by atoms with Crippen molar-refractivity contribution in [3.05, 3.63) is 28.2 Å². The third-order valence-electron chi connectivity index (χ3n) is 2.47. The molecule has 3 N–H and O–H groups in total. The van der Waals surface area contributed by atoms with E-state index in [1.807, 2.05) is 0 Å². The molecule has 7 heteroatoms. The van der Waals surface area contributed by atoms with Crippen LogP contribution in [0, 0.1) is 0 Å². The van der Waals surface area contributed by atoms with Crippen molar-refractivity contribution in [3.8, 4) is 0 Å². The van der Waals surface area contributed by atoms with Gasteiger partial charge in [0.15, 0.2) is 0 Å². The molecule has 104 valence electrons. The summed E-state index contributed by atoms with van der Waals surface area (Å²) in [5.41, 5.74) is 6.23. The molecular formula is C12H15BrN2O4. The summed E-state index contributed by atoms with van der Waals surface area (Å²) >= 11 is 3.24. The van der Waals surface area contributed by atoms with Crippen molar-refractivity contribution in [1.82, 2.24) is 0 Å². The Bertz CT molecular complexity index is 479. The lowest BCUT2D eigenvalue weighted by Gasteiger charge is -2.23. The summed E-state index contributed by atoms with van der Waals surface area (Å²) in [6, 6.07) is 4.88. The van der Waals surface area contributed by atoms with E-state index in [0.29, 0.717) is 28.9 Å². The summed E-state index contributed by atoms with van der Waals surface area (Å²) in [6.45, 7) is 0.694. The summed E-state index contributed by atoms with van der Waals surface area (Å²) in [7, 11) is 1.55. The first-order chi connectivity index (χ1) is 8.95. The van der Waals surface area contributed by atoms with E-state index in [2.05, 4.69) is 15.9 Å². The van der Waals surface area contributed by atoms with Gasteiger partial charge in [-0.15, -0.1) is 0 Å². The van der Waals surface area contributed by atoms with Gasteiger partial charge in [0, 0.05) is 23.8 Å². The highest BCUT2D eigenvalue weighted by molar-refractivity contribution is 9.10. The number of carbonyl (C=O) groups is 2. The summed E-state index contributed by atoms with van der Waals surface area (Å²) in [4.78, 5) is 23.6. The Hall–Kier alpha value is -1.60. The number of hydrogen-bond donors (Lipinski definition) is 2. The number of hydrogen-bond acceptors (Lipinski definition) is 4. The molecule has 6 nitrogen and oxygen atoms in total. The molecule has 1 rings (SSSR count). The number of methoxy groups -OCH3 is 1. The molecule has 1 amide bonds. The third kappa shape index (κ3) is 4.53. The van der Waals surface area contributed by atoms with Crippen LogP contribution in [0.5, 0.6) is 0 Å². The molecule has 0 aromatic heterocycles. The van der Waals surface area contributed by atoms with Crippen LogP contribution >= 0.6 is 15.9 Å². The smallest absolute Gasteiger partial charge is 0.323 e. The number of benzene rings is 1. The average molecular weight is 331 g/mol. The molecule has 0 atom stereocenters. The molecule has 0 spiro atoms. The van der Waals surface area contributed by atoms with E-state index in [9.17, 15) is 9.59 Å². The second-order valence-electron chi connectivity index (χ2n) is 3.84. The maximum absolute atomic E-state index is 11.1. The topological polar surface area (TPSA) is 92.9 Å². The van der Waals surface area contributed by atoms with Crippen molar-refractivity contribution in [2.45, 2.75) is 0 Å². The molecular weight excluding hydrogens is 316 g/mol. The molecule has 1 aromatic rings. The minimum atomic E-state index is -0.939. The number of nitrogens with two attached hydrogens (primary N) is 1. The second-order valence-corrected chi connectivity index (χ2v) is 4.69. The molecule has 0 saturated heterocycles. The highest BCUT2D eigenvalue weighted by atomic mass is 79.9. The maximum Gasteiger partial charge on any atom is 0.323 e. The lowest BCUT2D eigenvalue weighted by Crippen LogP contribution is -2.32. The number of anilines is 1. The number of carbonyl (C=O) groups excluding carboxylic acids is 1. The van der Waals surface area contributed by atoms with Crippen LogP contribution in [0.25, 0.3) is 0 Å². The molecule has 0 heterocycles. The van der Waals surface area contributed by atoms with Crippen LogP contribution in [0.2, 0.25) is 0 Å². The molecule has 0 radical (unpaired) electrons. The Kier molecular flexibility index (Phi) is 5.78. The predicted molar refractivity (Wildman–Crippen MR) is 74.4 cm³/mol. The lowest BCUT2D eigenvalue weighted by atomic mass is 10.2. The number of primary amides is 1. The number of carboxylic acids is 1. The van der Waals surface area contributed by atoms with Crippen LogP contribution in [0.4, 0.5) is 5.69 Å². The van der Waals surface area contributed by atoms with E-state index >= 15 is 0 Å². The van der Waals surface area contributed by atoms with Crippen molar-refractivity contribution in [1.29, 1.82) is 0 Å². The van der Waals surface area contributed by atoms with E-state index in [-0.39, 0.29) is 6.54 Å². The molecule has 0 unspecified atom stereocenters. The van der Waals surface area contributed by atoms with Crippen molar-refractivity contribution >= 4 is 33.5 Å². The van der Waals surface area contributed by atoms with Gasteiger partial charge in [0.25, 0.3) is 0 Å². The minimum absolute atomic E-state index is 0.147. The largest absolute Gasteiger partial charge is 0.480 e. The molecule has 0 fully saturated rings. The first-order valence-electron chi connectivity index (χ1n) is 5.50. The highest BCUT2D eigenvalue weighted by Gasteiger charge is 2.13.